The molecule has 2 N–H and O–H groups in total. The molecule has 0 saturated heterocycles. The molecule has 0 heterocycles. The van der Waals surface area contributed by atoms with Gasteiger partial charge in [0.25, 0.3) is 5.91 Å². The van der Waals surface area contributed by atoms with Crippen LogP contribution in [-0.2, 0) is 6.42 Å². The molecule has 2 aromatic carbocycles. The third-order valence-electron chi connectivity index (χ3n) is 3.27. The topological polar surface area (TPSA) is 41.1 Å². The first kappa shape index (κ1) is 15.1. The number of benzene rings is 2. The highest BCUT2D eigenvalue weighted by Crippen LogP contribution is 2.09. The van der Waals surface area contributed by atoms with Crippen LogP contribution in [0.25, 0.3) is 0 Å². The molecular weight excluding hydrogens is 260 g/mol. The fourth-order valence-corrected chi connectivity index (χ4v) is 2.08. The third-order valence-corrected chi connectivity index (χ3v) is 3.27. The summed E-state index contributed by atoms with van der Waals surface area (Å²) in [6.07, 6.45) is 1.93. The van der Waals surface area contributed by atoms with Crippen molar-refractivity contribution in [2.24, 2.45) is 0 Å². The van der Waals surface area contributed by atoms with Crippen molar-refractivity contribution in [3.8, 4) is 0 Å². The zero-order chi connectivity index (χ0) is 14.9. The Bertz CT molecular complexity index is 549. The lowest BCUT2D eigenvalue weighted by Gasteiger charge is -2.07. The minimum atomic E-state index is -0.0204. The average molecular weight is 282 g/mol. The van der Waals surface area contributed by atoms with Crippen molar-refractivity contribution < 1.29 is 4.79 Å². The van der Waals surface area contributed by atoms with Gasteiger partial charge in [0.2, 0.25) is 0 Å². The number of amides is 1. The highest BCUT2D eigenvalue weighted by atomic mass is 16.1. The third kappa shape index (κ3) is 4.95. The van der Waals surface area contributed by atoms with Crippen molar-refractivity contribution in [2.45, 2.75) is 19.8 Å². The Hall–Kier alpha value is -2.29. The highest BCUT2D eigenvalue weighted by Gasteiger charge is 2.04. The summed E-state index contributed by atoms with van der Waals surface area (Å²) in [4.78, 5) is 12.0. The van der Waals surface area contributed by atoms with E-state index >= 15 is 0 Å². The van der Waals surface area contributed by atoms with Gasteiger partial charge in [0, 0.05) is 24.3 Å². The maximum Gasteiger partial charge on any atom is 0.251 e. The molecule has 0 fully saturated rings. The monoisotopic (exact) mass is 282 g/mol. The SMILES string of the molecule is CCCNc1ccc(C(=O)NCCc2ccccc2)cc1. The molecule has 0 aromatic heterocycles. The molecule has 2 rings (SSSR count). The second-order valence-electron chi connectivity index (χ2n) is 5.00. The molecule has 0 bridgehead atoms. The molecule has 0 radical (unpaired) electrons. The van der Waals surface area contributed by atoms with Gasteiger partial charge in [0.1, 0.15) is 0 Å². The number of anilines is 1. The van der Waals surface area contributed by atoms with Crippen LogP contribution >= 0.6 is 0 Å². The van der Waals surface area contributed by atoms with E-state index in [0.29, 0.717) is 12.1 Å². The van der Waals surface area contributed by atoms with Gasteiger partial charge < -0.3 is 10.6 Å². The first-order chi connectivity index (χ1) is 10.3. The molecule has 3 heteroatoms. The van der Waals surface area contributed by atoms with Gasteiger partial charge in [-0.1, -0.05) is 37.3 Å². The normalized spacial score (nSPS) is 10.1. The number of rotatable bonds is 7. The Morgan fingerprint density at radius 1 is 0.952 bits per heavy atom. The predicted octanol–water partition coefficient (Wildman–Crippen LogP) is 3.48. The molecule has 110 valence electrons. The largest absolute Gasteiger partial charge is 0.385 e. The number of hydrogen-bond acceptors (Lipinski definition) is 2. The quantitative estimate of drug-likeness (QED) is 0.816. The van der Waals surface area contributed by atoms with Crippen molar-refractivity contribution in [3.63, 3.8) is 0 Å². The highest BCUT2D eigenvalue weighted by molar-refractivity contribution is 5.94. The van der Waals surface area contributed by atoms with E-state index in [1.54, 1.807) is 0 Å². The van der Waals surface area contributed by atoms with Crippen molar-refractivity contribution in [1.29, 1.82) is 0 Å². The Balaban J connectivity index is 1.80. The summed E-state index contributed by atoms with van der Waals surface area (Å²) < 4.78 is 0. The molecule has 0 aliphatic rings. The summed E-state index contributed by atoms with van der Waals surface area (Å²) >= 11 is 0. The Morgan fingerprint density at radius 2 is 1.67 bits per heavy atom. The molecule has 21 heavy (non-hydrogen) atoms. The summed E-state index contributed by atoms with van der Waals surface area (Å²) in [6, 6.07) is 17.8. The fraction of sp³-hybridized carbons (Fsp3) is 0.278. The summed E-state index contributed by atoms with van der Waals surface area (Å²) in [7, 11) is 0. The number of hydrogen-bond donors (Lipinski definition) is 2. The minimum absolute atomic E-state index is 0.0204. The lowest BCUT2D eigenvalue weighted by molar-refractivity contribution is 0.0954. The molecule has 0 saturated carbocycles. The van der Waals surface area contributed by atoms with E-state index < -0.39 is 0 Å². The minimum Gasteiger partial charge on any atom is -0.385 e. The number of carbonyl (C=O) groups is 1. The molecule has 2 aromatic rings. The van der Waals surface area contributed by atoms with Gasteiger partial charge in [-0.2, -0.15) is 0 Å². The molecular formula is C18H22N2O. The average Bonchev–Trinajstić information content (AvgIpc) is 2.54. The van der Waals surface area contributed by atoms with E-state index in [-0.39, 0.29) is 5.91 Å². The Kier molecular flexibility index (Phi) is 5.83. The van der Waals surface area contributed by atoms with Gasteiger partial charge in [-0.05, 0) is 42.7 Å². The van der Waals surface area contributed by atoms with Crippen LogP contribution in [0, 0.1) is 0 Å². The van der Waals surface area contributed by atoms with Crippen LogP contribution in [0.15, 0.2) is 54.6 Å². The van der Waals surface area contributed by atoms with Crippen molar-refractivity contribution in [3.05, 3.63) is 65.7 Å². The van der Waals surface area contributed by atoms with Gasteiger partial charge in [0.05, 0.1) is 0 Å². The van der Waals surface area contributed by atoms with Gasteiger partial charge in [-0.25, -0.2) is 0 Å². The van der Waals surface area contributed by atoms with E-state index in [1.807, 2.05) is 42.5 Å². The zero-order valence-corrected chi connectivity index (χ0v) is 12.4. The zero-order valence-electron chi connectivity index (χ0n) is 12.4. The van der Waals surface area contributed by atoms with Crippen molar-refractivity contribution in [2.75, 3.05) is 18.4 Å². The molecule has 0 atom stereocenters. The molecule has 0 unspecified atom stereocenters. The fourth-order valence-electron chi connectivity index (χ4n) is 2.08. The Labute approximate surface area is 126 Å². The predicted molar refractivity (Wildman–Crippen MR) is 87.7 cm³/mol. The number of carbonyl (C=O) groups excluding carboxylic acids is 1. The van der Waals surface area contributed by atoms with Gasteiger partial charge >= 0.3 is 0 Å². The smallest absolute Gasteiger partial charge is 0.251 e. The van der Waals surface area contributed by atoms with Gasteiger partial charge in [-0.15, -0.1) is 0 Å². The van der Waals surface area contributed by atoms with E-state index in [2.05, 4.69) is 29.7 Å². The van der Waals surface area contributed by atoms with Crippen molar-refractivity contribution in [1.82, 2.24) is 5.32 Å². The second kappa shape index (κ2) is 8.10. The van der Waals surface area contributed by atoms with Crippen LogP contribution in [0.5, 0.6) is 0 Å². The molecule has 0 spiro atoms. The summed E-state index contributed by atoms with van der Waals surface area (Å²) in [6.45, 7) is 3.73. The number of nitrogens with one attached hydrogen (secondary N) is 2. The van der Waals surface area contributed by atoms with Crippen molar-refractivity contribution >= 4 is 11.6 Å². The lowest BCUT2D eigenvalue weighted by atomic mass is 10.1. The maximum absolute atomic E-state index is 12.0. The van der Waals surface area contributed by atoms with Crippen LogP contribution in [0.4, 0.5) is 5.69 Å². The molecule has 0 aliphatic carbocycles. The molecule has 1 amide bonds. The van der Waals surface area contributed by atoms with Crippen LogP contribution in [0.2, 0.25) is 0 Å². The first-order valence-electron chi connectivity index (χ1n) is 7.45. The second-order valence-corrected chi connectivity index (χ2v) is 5.00. The van der Waals surface area contributed by atoms with Crippen LogP contribution in [-0.4, -0.2) is 19.0 Å². The Morgan fingerprint density at radius 3 is 2.33 bits per heavy atom. The van der Waals surface area contributed by atoms with Crippen LogP contribution in [0.3, 0.4) is 0 Å². The van der Waals surface area contributed by atoms with E-state index in [0.717, 1.165) is 25.1 Å². The lowest BCUT2D eigenvalue weighted by Crippen LogP contribution is -2.25. The summed E-state index contributed by atoms with van der Waals surface area (Å²) in [5.41, 5.74) is 2.99. The van der Waals surface area contributed by atoms with Crippen LogP contribution in [0.1, 0.15) is 29.3 Å². The first-order valence-corrected chi connectivity index (χ1v) is 7.45. The van der Waals surface area contributed by atoms with E-state index in [1.165, 1.54) is 5.56 Å². The van der Waals surface area contributed by atoms with Gasteiger partial charge in [-0.3, -0.25) is 4.79 Å². The van der Waals surface area contributed by atoms with Crippen LogP contribution < -0.4 is 10.6 Å². The standard InChI is InChI=1S/C18H22N2O/c1-2-13-19-17-10-8-16(9-11-17)18(21)20-14-12-15-6-4-3-5-7-15/h3-11,19H,2,12-14H2,1H3,(H,20,21). The molecule has 3 nitrogen and oxygen atoms in total. The summed E-state index contributed by atoms with van der Waals surface area (Å²) in [5.74, 6) is -0.0204. The summed E-state index contributed by atoms with van der Waals surface area (Å²) in [5, 5.41) is 6.24. The van der Waals surface area contributed by atoms with Gasteiger partial charge in [0.15, 0.2) is 0 Å². The maximum atomic E-state index is 12.0. The molecule has 0 aliphatic heterocycles. The van der Waals surface area contributed by atoms with E-state index in [9.17, 15) is 4.79 Å². The van der Waals surface area contributed by atoms with E-state index in [4.69, 9.17) is 0 Å².